The number of hydrogen-bond acceptors (Lipinski definition) is 3. The summed E-state index contributed by atoms with van der Waals surface area (Å²) in [6, 6.07) is 16.0. The van der Waals surface area contributed by atoms with Crippen LogP contribution in [0.3, 0.4) is 0 Å². The second-order valence-electron chi connectivity index (χ2n) is 5.48. The number of anilines is 2. The van der Waals surface area contributed by atoms with Crippen molar-refractivity contribution in [1.29, 1.82) is 0 Å². The third kappa shape index (κ3) is 2.61. The highest BCUT2D eigenvalue weighted by atomic mass is 32.2. The van der Waals surface area contributed by atoms with Crippen LogP contribution in [0.4, 0.5) is 11.4 Å². The summed E-state index contributed by atoms with van der Waals surface area (Å²) in [5.74, 6) is 0.502. The van der Waals surface area contributed by atoms with Crippen molar-refractivity contribution in [2.75, 3.05) is 25.0 Å². The van der Waals surface area contributed by atoms with Crippen LogP contribution >= 0.6 is 0 Å². The summed E-state index contributed by atoms with van der Waals surface area (Å²) in [5.41, 5.74) is 2.13. The zero-order chi connectivity index (χ0) is 14.8. The highest BCUT2D eigenvalue weighted by Crippen LogP contribution is 2.41. The van der Waals surface area contributed by atoms with Crippen LogP contribution in [-0.2, 0) is 10.8 Å². The van der Waals surface area contributed by atoms with Crippen molar-refractivity contribution in [3.63, 3.8) is 0 Å². The van der Waals surface area contributed by atoms with Crippen molar-refractivity contribution >= 4 is 22.2 Å². The Labute approximate surface area is 128 Å². The standard InChI is InChI=1S/C17H20N2OS/c1-13(11-18-2)12-19-14-7-3-5-9-16(14)21(20)17-10-6-4-8-15(17)19/h3-10,13,18H,11-12H2,1-2H3. The first-order valence-corrected chi connectivity index (χ1v) is 8.39. The molecule has 0 bridgehead atoms. The molecule has 1 atom stereocenters. The molecule has 0 spiro atoms. The topological polar surface area (TPSA) is 32.3 Å². The Morgan fingerprint density at radius 1 is 1.05 bits per heavy atom. The molecule has 0 radical (unpaired) electrons. The summed E-state index contributed by atoms with van der Waals surface area (Å²) in [4.78, 5) is 4.12. The molecule has 2 aromatic rings. The van der Waals surface area contributed by atoms with E-state index >= 15 is 0 Å². The summed E-state index contributed by atoms with van der Waals surface area (Å²) in [5, 5.41) is 3.23. The molecule has 0 amide bonds. The van der Waals surface area contributed by atoms with Gasteiger partial charge in [-0.15, -0.1) is 0 Å². The Bertz CT molecular complexity index is 622. The van der Waals surface area contributed by atoms with Crippen LogP contribution in [0.2, 0.25) is 0 Å². The van der Waals surface area contributed by atoms with E-state index in [0.29, 0.717) is 5.92 Å². The number of fused-ring (bicyclic) bond motifs is 2. The van der Waals surface area contributed by atoms with E-state index in [1.807, 2.05) is 43.4 Å². The first kappa shape index (κ1) is 14.3. The van der Waals surface area contributed by atoms with E-state index in [2.05, 4.69) is 29.3 Å². The van der Waals surface area contributed by atoms with E-state index in [9.17, 15) is 4.21 Å². The first-order chi connectivity index (χ1) is 10.2. The van der Waals surface area contributed by atoms with E-state index in [0.717, 1.165) is 34.3 Å². The molecular formula is C17H20N2OS. The van der Waals surface area contributed by atoms with Crippen LogP contribution in [0, 0.1) is 5.92 Å². The Balaban J connectivity index is 2.07. The van der Waals surface area contributed by atoms with Crippen LogP contribution in [0.5, 0.6) is 0 Å². The molecule has 1 heterocycles. The molecular weight excluding hydrogens is 280 g/mol. The van der Waals surface area contributed by atoms with Crippen LogP contribution in [-0.4, -0.2) is 24.3 Å². The van der Waals surface area contributed by atoms with Gasteiger partial charge in [-0.2, -0.15) is 0 Å². The van der Waals surface area contributed by atoms with Gasteiger partial charge in [0.25, 0.3) is 0 Å². The number of benzene rings is 2. The zero-order valence-electron chi connectivity index (χ0n) is 12.4. The molecule has 3 rings (SSSR count). The summed E-state index contributed by atoms with van der Waals surface area (Å²) < 4.78 is 12.7. The Hall–Kier alpha value is -1.65. The van der Waals surface area contributed by atoms with E-state index in [1.165, 1.54) is 0 Å². The first-order valence-electron chi connectivity index (χ1n) is 7.24. The molecule has 4 heteroatoms. The minimum Gasteiger partial charge on any atom is -0.339 e. The maximum atomic E-state index is 12.7. The summed E-state index contributed by atoms with van der Waals surface area (Å²) >= 11 is 0. The fourth-order valence-corrected chi connectivity index (χ4v) is 4.22. The fraction of sp³-hybridized carbons (Fsp3) is 0.294. The van der Waals surface area contributed by atoms with E-state index in [-0.39, 0.29) is 0 Å². The molecule has 2 aromatic carbocycles. The Morgan fingerprint density at radius 2 is 1.57 bits per heavy atom. The number of nitrogens with one attached hydrogen (secondary N) is 1. The van der Waals surface area contributed by atoms with Crippen LogP contribution in [0.1, 0.15) is 6.92 Å². The minimum atomic E-state index is -1.09. The molecule has 21 heavy (non-hydrogen) atoms. The molecule has 0 aromatic heterocycles. The fourth-order valence-electron chi connectivity index (χ4n) is 2.84. The van der Waals surface area contributed by atoms with Crippen molar-refractivity contribution in [3.05, 3.63) is 48.5 Å². The molecule has 1 aliphatic heterocycles. The number of para-hydroxylation sites is 2. The molecule has 1 aliphatic rings. The van der Waals surface area contributed by atoms with Crippen LogP contribution < -0.4 is 10.2 Å². The van der Waals surface area contributed by atoms with Crippen molar-refractivity contribution in [1.82, 2.24) is 5.32 Å². The summed E-state index contributed by atoms with van der Waals surface area (Å²) in [6.45, 7) is 4.10. The van der Waals surface area contributed by atoms with Gasteiger partial charge in [-0.3, -0.25) is 0 Å². The lowest BCUT2D eigenvalue weighted by Gasteiger charge is -2.34. The summed E-state index contributed by atoms with van der Waals surface area (Å²) in [6.07, 6.45) is 0. The van der Waals surface area contributed by atoms with Gasteiger partial charge in [-0.05, 0) is 43.8 Å². The average molecular weight is 300 g/mol. The minimum absolute atomic E-state index is 0.502. The highest BCUT2D eigenvalue weighted by molar-refractivity contribution is 7.85. The number of hydrogen-bond donors (Lipinski definition) is 1. The lowest BCUT2D eigenvalue weighted by Crippen LogP contribution is -2.32. The van der Waals surface area contributed by atoms with Gasteiger partial charge in [0.1, 0.15) is 0 Å². The molecule has 0 saturated heterocycles. The smallest absolute Gasteiger partial charge is 0.0892 e. The maximum absolute atomic E-state index is 12.7. The molecule has 1 N–H and O–H groups in total. The van der Waals surface area contributed by atoms with Crippen LogP contribution in [0.15, 0.2) is 58.3 Å². The van der Waals surface area contributed by atoms with Crippen LogP contribution in [0.25, 0.3) is 0 Å². The van der Waals surface area contributed by atoms with E-state index in [4.69, 9.17) is 0 Å². The Kier molecular flexibility index (Phi) is 4.08. The number of nitrogens with zero attached hydrogens (tertiary/aromatic N) is 1. The lowest BCUT2D eigenvalue weighted by molar-refractivity contribution is 0.547. The van der Waals surface area contributed by atoms with Gasteiger partial charge in [0, 0.05) is 6.54 Å². The number of rotatable bonds is 4. The third-order valence-electron chi connectivity index (χ3n) is 3.76. The Morgan fingerprint density at radius 3 is 2.10 bits per heavy atom. The molecule has 1 unspecified atom stereocenters. The monoisotopic (exact) mass is 300 g/mol. The molecule has 3 nitrogen and oxygen atoms in total. The van der Waals surface area contributed by atoms with E-state index in [1.54, 1.807) is 0 Å². The van der Waals surface area contributed by atoms with Crippen molar-refractivity contribution in [3.8, 4) is 0 Å². The SMILES string of the molecule is CNCC(C)CN1c2ccccc2S(=O)c2ccccc21. The van der Waals surface area contributed by atoms with Gasteiger partial charge in [-0.25, -0.2) is 4.21 Å². The molecule has 110 valence electrons. The van der Waals surface area contributed by atoms with Crippen molar-refractivity contribution in [2.45, 2.75) is 16.7 Å². The predicted molar refractivity (Wildman–Crippen MR) is 87.7 cm³/mol. The summed E-state index contributed by atoms with van der Waals surface area (Å²) in [7, 11) is 0.889. The predicted octanol–water partition coefficient (Wildman–Crippen LogP) is 3.16. The van der Waals surface area contributed by atoms with E-state index < -0.39 is 10.8 Å². The van der Waals surface area contributed by atoms with Gasteiger partial charge in [0.05, 0.1) is 32.0 Å². The van der Waals surface area contributed by atoms with Crippen molar-refractivity contribution < 1.29 is 4.21 Å². The second kappa shape index (κ2) is 6.00. The second-order valence-corrected chi connectivity index (χ2v) is 6.89. The van der Waals surface area contributed by atoms with Gasteiger partial charge >= 0.3 is 0 Å². The molecule has 0 saturated carbocycles. The quantitative estimate of drug-likeness (QED) is 0.941. The average Bonchev–Trinajstić information content (AvgIpc) is 2.52. The third-order valence-corrected chi connectivity index (χ3v) is 5.25. The van der Waals surface area contributed by atoms with Crippen molar-refractivity contribution in [2.24, 2.45) is 5.92 Å². The highest BCUT2D eigenvalue weighted by Gasteiger charge is 2.28. The molecule has 0 aliphatic carbocycles. The largest absolute Gasteiger partial charge is 0.339 e. The van der Waals surface area contributed by atoms with Gasteiger partial charge in [0.15, 0.2) is 0 Å². The zero-order valence-corrected chi connectivity index (χ0v) is 13.2. The van der Waals surface area contributed by atoms with Gasteiger partial charge in [-0.1, -0.05) is 31.2 Å². The normalized spacial score (nSPS) is 15.4. The molecule has 0 fully saturated rings. The lowest BCUT2D eigenvalue weighted by atomic mass is 10.1. The van der Waals surface area contributed by atoms with Gasteiger partial charge in [0.2, 0.25) is 0 Å². The maximum Gasteiger partial charge on any atom is 0.0892 e. The van der Waals surface area contributed by atoms with Gasteiger partial charge < -0.3 is 10.2 Å².